The Bertz CT molecular complexity index is 377. The van der Waals surface area contributed by atoms with Gasteiger partial charge >= 0.3 is 0 Å². The van der Waals surface area contributed by atoms with Gasteiger partial charge in [0, 0.05) is 18.3 Å². The molecule has 0 fully saturated rings. The molecule has 1 unspecified atom stereocenters. The zero-order valence-electron chi connectivity index (χ0n) is 10.7. The Labute approximate surface area is 98.4 Å². The van der Waals surface area contributed by atoms with E-state index >= 15 is 0 Å². The van der Waals surface area contributed by atoms with Gasteiger partial charge in [-0.3, -0.25) is 0 Å². The molecular formula is C14H22N2. The van der Waals surface area contributed by atoms with Crippen molar-refractivity contribution in [3.05, 3.63) is 29.3 Å². The van der Waals surface area contributed by atoms with E-state index in [0.29, 0.717) is 6.04 Å². The third-order valence-electron chi connectivity index (χ3n) is 3.25. The van der Waals surface area contributed by atoms with E-state index in [2.05, 4.69) is 49.6 Å². The van der Waals surface area contributed by atoms with E-state index in [9.17, 15) is 0 Å². The molecule has 2 N–H and O–H groups in total. The maximum Gasteiger partial charge on any atom is 0.0426 e. The van der Waals surface area contributed by atoms with E-state index in [4.69, 9.17) is 0 Å². The van der Waals surface area contributed by atoms with Crippen molar-refractivity contribution in [2.75, 3.05) is 18.9 Å². The van der Waals surface area contributed by atoms with Gasteiger partial charge in [-0.05, 0) is 36.1 Å². The molecule has 0 aliphatic carbocycles. The monoisotopic (exact) mass is 218 g/mol. The molecule has 16 heavy (non-hydrogen) atoms. The first-order valence-corrected chi connectivity index (χ1v) is 6.05. The first-order valence-electron chi connectivity index (χ1n) is 6.05. The Hall–Kier alpha value is -1.02. The molecule has 0 saturated carbocycles. The fraction of sp³-hybridized carbons (Fsp3) is 0.571. The second-order valence-electron chi connectivity index (χ2n) is 5.72. The summed E-state index contributed by atoms with van der Waals surface area (Å²) in [5.41, 5.74) is 4.45. The van der Waals surface area contributed by atoms with Crippen molar-refractivity contribution in [3.63, 3.8) is 0 Å². The Morgan fingerprint density at radius 3 is 2.75 bits per heavy atom. The molecule has 1 heterocycles. The highest BCUT2D eigenvalue weighted by atomic mass is 15.0. The third kappa shape index (κ3) is 2.22. The van der Waals surface area contributed by atoms with Gasteiger partial charge in [-0.15, -0.1) is 0 Å². The molecule has 1 atom stereocenters. The van der Waals surface area contributed by atoms with Crippen LogP contribution in [0.3, 0.4) is 0 Å². The van der Waals surface area contributed by atoms with E-state index in [1.54, 1.807) is 0 Å². The van der Waals surface area contributed by atoms with Crippen molar-refractivity contribution < 1.29 is 0 Å². The first-order chi connectivity index (χ1) is 7.50. The van der Waals surface area contributed by atoms with Crippen LogP contribution in [0.25, 0.3) is 0 Å². The summed E-state index contributed by atoms with van der Waals surface area (Å²) >= 11 is 0. The van der Waals surface area contributed by atoms with Crippen LogP contribution >= 0.6 is 0 Å². The summed E-state index contributed by atoms with van der Waals surface area (Å²) in [6.45, 7) is 7.83. The van der Waals surface area contributed by atoms with E-state index in [-0.39, 0.29) is 5.41 Å². The van der Waals surface area contributed by atoms with E-state index < -0.39 is 0 Å². The lowest BCUT2D eigenvalue weighted by Gasteiger charge is -2.19. The van der Waals surface area contributed by atoms with Gasteiger partial charge in [0.2, 0.25) is 0 Å². The minimum atomic E-state index is 0.246. The maximum absolute atomic E-state index is 3.55. The summed E-state index contributed by atoms with van der Waals surface area (Å²) in [7, 11) is 2.01. The predicted octanol–water partition coefficient (Wildman–Crippen LogP) is 2.54. The van der Waals surface area contributed by atoms with Gasteiger partial charge in [-0.25, -0.2) is 0 Å². The number of hydrogen-bond donors (Lipinski definition) is 2. The summed E-state index contributed by atoms with van der Waals surface area (Å²) in [4.78, 5) is 0. The van der Waals surface area contributed by atoms with Crippen molar-refractivity contribution in [1.29, 1.82) is 0 Å². The second kappa shape index (κ2) is 4.10. The quantitative estimate of drug-likeness (QED) is 0.797. The largest absolute Gasteiger partial charge is 0.380 e. The zero-order valence-corrected chi connectivity index (χ0v) is 10.7. The molecule has 2 rings (SSSR count). The molecule has 0 aromatic heterocycles. The highest BCUT2D eigenvalue weighted by molar-refractivity contribution is 5.58. The minimum Gasteiger partial charge on any atom is -0.380 e. The zero-order chi connectivity index (χ0) is 11.8. The van der Waals surface area contributed by atoms with Gasteiger partial charge in [0.05, 0.1) is 0 Å². The van der Waals surface area contributed by atoms with Gasteiger partial charge in [0.1, 0.15) is 0 Å². The van der Waals surface area contributed by atoms with Crippen LogP contribution in [0.2, 0.25) is 0 Å². The lowest BCUT2D eigenvalue weighted by molar-refractivity contribution is 0.589. The second-order valence-corrected chi connectivity index (χ2v) is 5.72. The number of hydrogen-bond acceptors (Lipinski definition) is 2. The van der Waals surface area contributed by atoms with Crippen LogP contribution in [-0.2, 0) is 11.8 Å². The van der Waals surface area contributed by atoms with Gasteiger partial charge in [-0.2, -0.15) is 0 Å². The molecule has 0 radical (unpaired) electrons. The molecule has 1 aromatic carbocycles. The van der Waals surface area contributed by atoms with Crippen LogP contribution in [-0.4, -0.2) is 19.6 Å². The Morgan fingerprint density at radius 1 is 1.38 bits per heavy atom. The standard InChI is InChI=1S/C14H22N2/c1-14(2,3)11-5-6-13-10(7-11)8-12(16-13)9-15-4/h5-7,12,15-16H,8-9H2,1-4H3. The highest BCUT2D eigenvalue weighted by Crippen LogP contribution is 2.31. The van der Waals surface area contributed by atoms with E-state index in [1.165, 1.54) is 16.8 Å². The minimum absolute atomic E-state index is 0.246. The number of anilines is 1. The van der Waals surface area contributed by atoms with Crippen molar-refractivity contribution in [1.82, 2.24) is 5.32 Å². The molecular weight excluding hydrogens is 196 g/mol. The predicted molar refractivity (Wildman–Crippen MR) is 70.2 cm³/mol. The van der Waals surface area contributed by atoms with Crippen LogP contribution in [0.15, 0.2) is 18.2 Å². The van der Waals surface area contributed by atoms with Gasteiger partial charge < -0.3 is 10.6 Å². The summed E-state index contributed by atoms with van der Waals surface area (Å²) in [5.74, 6) is 0. The molecule has 0 saturated heterocycles. The molecule has 2 nitrogen and oxygen atoms in total. The molecule has 0 spiro atoms. The van der Waals surface area contributed by atoms with Crippen LogP contribution in [0.4, 0.5) is 5.69 Å². The number of likely N-dealkylation sites (N-methyl/N-ethyl adjacent to an activating group) is 1. The number of fused-ring (bicyclic) bond motifs is 1. The number of nitrogens with one attached hydrogen (secondary N) is 2. The first kappa shape index (κ1) is 11.5. The molecule has 88 valence electrons. The van der Waals surface area contributed by atoms with Crippen molar-refractivity contribution >= 4 is 5.69 Å². The molecule has 0 bridgehead atoms. The smallest absolute Gasteiger partial charge is 0.0426 e. The number of rotatable bonds is 2. The lowest BCUT2D eigenvalue weighted by atomic mass is 9.86. The normalized spacial score (nSPS) is 19.4. The third-order valence-corrected chi connectivity index (χ3v) is 3.25. The van der Waals surface area contributed by atoms with Crippen molar-refractivity contribution in [3.8, 4) is 0 Å². The van der Waals surface area contributed by atoms with Gasteiger partial charge in [-0.1, -0.05) is 32.9 Å². The summed E-state index contributed by atoms with van der Waals surface area (Å²) in [5, 5.41) is 6.78. The Balaban J connectivity index is 2.21. The molecule has 1 aromatic rings. The Kier molecular flexibility index (Phi) is 2.94. The average Bonchev–Trinajstić information content (AvgIpc) is 2.57. The fourth-order valence-corrected chi connectivity index (χ4v) is 2.28. The SMILES string of the molecule is CNCC1Cc2cc(C(C)(C)C)ccc2N1. The van der Waals surface area contributed by atoms with E-state index in [1.807, 2.05) is 7.05 Å². The topological polar surface area (TPSA) is 24.1 Å². The van der Waals surface area contributed by atoms with Gasteiger partial charge in [0.15, 0.2) is 0 Å². The highest BCUT2D eigenvalue weighted by Gasteiger charge is 2.22. The van der Waals surface area contributed by atoms with Crippen molar-refractivity contribution in [2.24, 2.45) is 0 Å². The average molecular weight is 218 g/mol. The van der Waals surface area contributed by atoms with Crippen molar-refractivity contribution in [2.45, 2.75) is 38.6 Å². The van der Waals surface area contributed by atoms with Crippen LogP contribution < -0.4 is 10.6 Å². The summed E-state index contributed by atoms with van der Waals surface area (Å²) < 4.78 is 0. The molecule has 1 aliphatic rings. The number of benzene rings is 1. The van der Waals surface area contributed by atoms with Crippen LogP contribution in [0, 0.1) is 0 Å². The maximum atomic E-state index is 3.55. The fourth-order valence-electron chi connectivity index (χ4n) is 2.28. The van der Waals surface area contributed by atoms with Gasteiger partial charge in [0.25, 0.3) is 0 Å². The van der Waals surface area contributed by atoms with E-state index in [0.717, 1.165) is 13.0 Å². The summed E-state index contributed by atoms with van der Waals surface area (Å²) in [6.07, 6.45) is 1.14. The molecule has 2 heteroatoms. The Morgan fingerprint density at radius 2 is 2.12 bits per heavy atom. The summed E-state index contributed by atoms with van der Waals surface area (Å²) in [6, 6.07) is 7.38. The van der Waals surface area contributed by atoms with Crippen LogP contribution in [0.5, 0.6) is 0 Å². The molecule has 0 amide bonds. The lowest BCUT2D eigenvalue weighted by Crippen LogP contribution is -2.28. The molecule has 1 aliphatic heterocycles. The van der Waals surface area contributed by atoms with Crippen LogP contribution in [0.1, 0.15) is 31.9 Å².